The van der Waals surface area contributed by atoms with Gasteiger partial charge in [0.15, 0.2) is 0 Å². The molecule has 2 saturated carbocycles. The number of aromatic nitrogens is 2. The number of cyclic esters (lactones) is 1. The molecule has 0 spiro atoms. The number of nitrogens with zero attached hydrogens (tertiary/aromatic N) is 6. The van der Waals surface area contributed by atoms with Crippen LogP contribution in [0, 0.1) is 23.2 Å². The molecule has 0 radical (unpaired) electrons. The topological polar surface area (TPSA) is 143 Å². The lowest BCUT2D eigenvalue weighted by molar-refractivity contribution is -0.155. The van der Waals surface area contributed by atoms with Gasteiger partial charge >= 0.3 is 5.97 Å². The molecule has 3 saturated heterocycles. The predicted molar refractivity (Wildman–Crippen MR) is 291 cm³/mol. The van der Waals surface area contributed by atoms with Crippen LogP contribution in [0.3, 0.4) is 0 Å². The monoisotopic (exact) mass is 1030 g/mol. The molecule has 2 amide bonds. The number of piperidine rings is 1. The number of methoxy groups -OCH3 is 1. The largest absolute Gasteiger partial charge is 0.491 e. The number of benzene rings is 2. The quantitative estimate of drug-likeness (QED) is 0.157. The van der Waals surface area contributed by atoms with Gasteiger partial charge in [0.2, 0.25) is 5.91 Å². The van der Waals surface area contributed by atoms with Crippen molar-refractivity contribution in [2.75, 3.05) is 77.6 Å². The lowest BCUT2D eigenvalue weighted by Gasteiger charge is -2.37. The summed E-state index contributed by atoms with van der Waals surface area (Å²) in [6.45, 7) is 20.7. The molecular formula is C60H82N8O7. The normalized spacial score (nSPS) is 26.3. The van der Waals surface area contributed by atoms with Gasteiger partial charge in [0, 0.05) is 86.8 Å². The molecule has 0 unspecified atom stereocenters. The van der Waals surface area contributed by atoms with Crippen LogP contribution in [-0.4, -0.2) is 145 Å². The number of pyridine rings is 1. The number of likely N-dealkylation sites (tertiary alicyclic amines) is 1. The predicted octanol–water partition coefficient (Wildman–Crippen LogP) is 7.95. The standard InChI is InChI=1S/C60H82N8O7/c1-8-67-53-16-11-41-30-47(53)49(56(67)48-31-45(33-61-55(48)38(4)72-7)66-24-22-65(23-25-66)44-14-15-44)32-60(5,6)36-75-59(71)51-10-9-19-68(63-51)58(70)52-28-39-26-42(41)29-46(27-39)73-35-54(74-34-50(37(2)3)57(69)62-52)40-17-20-64(21-18-40)43-12-13-43/h11,16,26-27,29-31,33,37-38,40,43-44,50-52,54,63H,8-10,12-15,17-25,28,32,34-36H2,1-7H3,(H,62,69)/t38-,50-,51-,52-,54+/m0/s1. The summed E-state index contributed by atoms with van der Waals surface area (Å²) in [6, 6.07) is 15.2. The molecule has 15 heteroatoms. The summed E-state index contributed by atoms with van der Waals surface area (Å²) in [6.07, 6.45) is 10.7. The third-order valence-corrected chi connectivity index (χ3v) is 17.7. The highest BCUT2D eigenvalue weighted by molar-refractivity contribution is 5.96. The van der Waals surface area contributed by atoms with Gasteiger partial charge in [-0.3, -0.25) is 29.3 Å². The van der Waals surface area contributed by atoms with E-state index in [2.05, 4.69) is 94.1 Å². The minimum absolute atomic E-state index is 0.0438. The number of hydrogen-bond donors (Lipinski definition) is 2. The van der Waals surface area contributed by atoms with Crippen molar-refractivity contribution in [2.24, 2.45) is 23.2 Å². The maximum Gasteiger partial charge on any atom is 0.324 e. The Kier molecular flexibility index (Phi) is 15.1. The highest BCUT2D eigenvalue weighted by Crippen LogP contribution is 2.44. The number of nitrogens with one attached hydrogen (secondary N) is 2. The van der Waals surface area contributed by atoms with Gasteiger partial charge in [-0.1, -0.05) is 39.8 Å². The van der Waals surface area contributed by atoms with Crippen LogP contribution < -0.4 is 20.4 Å². The van der Waals surface area contributed by atoms with E-state index in [0.29, 0.717) is 44.7 Å². The van der Waals surface area contributed by atoms with Crippen LogP contribution in [-0.2, 0) is 48.0 Å². The van der Waals surface area contributed by atoms with Crippen molar-refractivity contribution >= 4 is 34.4 Å². The molecule has 75 heavy (non-hydrogen) atoms. The fraction of sp³-hybridized carbons (Fsp3) is 0.633. The lowest BCUT2D eigenvalue weighted by atomic mass is 9.84. The summed E-state index contributed by atoms with van der Waals surface area (Å²) in [4.78, 5) is 56.7. The summed E-state index contributed by atoms with van der Waals surface area (Å²) in [7, 11) is 1.75. The van der Waals surface area contributed by atoms with Crippen molar-refractivity contribution in [3.63, 3.8) is 0 Å². The number of carbonyl (C=O) groups is 3. The lowest BCUT2D eigenvalue weighted by Crippen LogP contribution is -2.61. The van der Waals surface area contributed by atoms with Crippen molar-refractivity contribution < 1.29 is 33.3 Å². The Bertz CT molecular complexity index is 2730. The second kappa shape index (κ2) is 21.8. The van der Waals surface area contributed by atoms with Gasteiger partial charge in [-0.15, -0.1) is 0 Å². The van der Waals surface area contributed by atoms with Crippen molar-refractivity contribution in [1.29, 1.82) is 0 Å². The minimum atomic E-state index is -0.935. The van der Waals surface area contributed by atoms with Crippen molar-refractivity contribution in [1.82, 2.24) is 35.1 Å². The molecule has 7 heterocycles. The highest BCUT2D eigenvalue weighted by Gasteiger charge is 2.40. The van der Waals surface area contributed by atoms with Crippen LogP contribution in [0.15, 0.2) is 48.7 Å². The van der Waals surface area contributed by atoms with Gasteiger partial charge in [0.25, 0.3) is 5.91 Å². The number of hydrogen-bond acceptors (Lipinski definition) is 12. The maximum absolute atomic E-state index is 14.9. The Morgan fingerprint density at radius 2 is 1.56 bits per heavy atom. The van der Waals surface area contributed by atoms with Crippen molar-refractivity contribution in [3.05, 3.63) is 65.5 Å². The highest BCUT2D eigenvalue weighted by atomic mass is 16.5. The molecule has 15 nitrogen and oxygen atoms in total. The molecule has 7 aliphatic rings. The first-order chi connectivity index (χ1) is 36.2. The molecule has 11 rings (SSSR count). The Morgan fingerprint density at radius 3 is 2.27 bits per heavy atom. The van der Waals surface area contributed by atoms with Crippen molar-refractivity contribution in [3.8, 4) is 28.1 Å². The third kappa shape index (κ3) is 11.2. The average molecular weight is 1030 g/mol. The molecule has 2 aromatic heterocycles. The molecule has 5 atom stereocenters. The summed E-state index contributed by atoms with van der Waals surface area (Å²) in [5, 5.41) is 5.88. The van der Waals surface area contributed by atoms with E-state index in [1.54, 1.807) is 7.11 Å². The Morgan fingerprint density at radius 1 is 0.813 bits per heavy atom. The summed E-state index contributed by atoms with van der Waals surface area (Å²) in [5.41, 5.74) is 12.0. The molecule has 2 aliphatic carbocycles. The van der Waals surface area contributed by atoms with Crippen LogP contribution >= 0.6 is 0 Å². The third-order valence-electron chi connectivity index (χ3n) is 17.7. The number of amides is 2. The summed E-state index contributed by atoms with van der Waals surface area (Å²) >= 11 is 0. The number of fused-ring (bicyclic) bond motifs is 7. The van der Waals surface area contributed by atoms with E-state index in [1.165, 1.54) is 30.7 Å². The molecule has 5 aliphatic heterocycles. The van der Waals surface area contributed by atoms with Crippen LogP contribution in [0.1, 0.15) is 116 Å². The van der Waals surface area contributed by atoms with Gasteiger partial charge in [0.05, 0.1) is 54.6 Å². The number of hydrazine groups is 1. The van der Waals surface area contributed by atoms with E-state index in [1.807, 2.05) is 26.1 Å². The minimum Gasteiger partial charge on any atom is -0.491 e. The van der Waals surface area contributed by atoms with Crippen molar-refractivity contribution in [2.45, 2.75) is 149 Å². The zero-order valence-electron chi connectivity index (χ0n) is 45.7. The Labute approximate surface area is 444 Å². The van der Waals surface area contributed by atoms with Gasteiger partial charge < -0.3 is 38.6 Å². The number of aryl methyl sites for hydroxylation is 1. The van der Waals surface area contributed by atoms with E-state index in [9.17, 15) is 14.4 Å². The molecule has 2 aromatic carbocycles. The van der Waals surface area contributed by atoms with Crippen LogP contribution in [0.25, 0.3) is 33.3 Å². The number of esters is 1. The second-order valence-electron chi connectivity index (χ2n) is 24.1. The van der Waals surface area contributed by atoms with Gasteiger partial charge in [-0.25, -0.2) is 5.43 Å². The zero-order valence-corrected chi connectivity index (χ0v) is 45.7. The fourth-order valence-electron chi connectivity index (χ4n) is 12.8. The number of carbonyl (C=O) groups excluding carboxylic acids is 3. The van der Waals surface area contributed by atoms with E-state index < -0.39 is 29.4 Å². The molecule has 2 N–H and O–H groups in total. The maximum atomic E-state index is 14.9. The first-order valence-corrected chi connectivity index (χ1v) is 28.6. The van der Waals surface area contributed by atoms with Crippen LogP contribution in [0.2, 0.25) is 0 Å². The van der Waals surface area contributed by atoms with Crippen LogP contribution in [0.5, 0.6) is 5.75 Å². The zero-order chi connectivity index (χ0) is 52.1. The first-order valence-electron chi connectivity index (χ1n) is 28.6. The fourth-order valence-corrected chi connectivity index (χ4v) is 12.8. The molecular weight excluding hydrogens is 945 g/mol. The number of piperazine rings is 1. The summed E-state index contributed by atoms with van der Waals surface area (Å²) in [5.74, 6) is -0.456. The smallest absolute Gasteiger partial charge is 0.324 e. The van der Waals surface area contributed by atoms with Gasteiger partial charge in [0.1, 0.15) is 24.4 Å². The van der Waals surface area contributed by atoms with E-state index in [-0.39, 0.29) is 55.5 Å². The van der Waals surface area contributed by atoms with E-state index >= 15 is 0 Å². The Balaban J connectivity index is 1.04. The number of ether oxygens (including phenoxy) is 4. The molecule has 5 fully saturated rings. The SMILES string of the molecule is CCn1c(-c2cc(N3CCN(C4CC4)CC3)cnc2[C@H](C)OC)c2c3cc(ccc31)-c1cc3cc(c1)OC[C@H](C1CCN(C4CC4)CC1)OC[C@@H](C(C)C)C(=O)N[C@@H](C3)C(=O)N1CCC[C@H](N1)C(=O)OCC(C)(C)C2. The molecule has 404 valence electrons. The molecule has 8 bridgehead atoms. The van der Waals surface area contributed by atoms with E-state index in [4.69, 9.17) is 23.9 Å². The number of anilines is 1. The van der Waals surface area contributed by atoms with Crippen LogP contribution in [0.4, 0.5) is 5.69 Å². The second-order valence-corrected chi connectivity index (χ2v) is 24.1. The summed E-state index contributed by atoms with van der Waals surface area (Å²) < 4.78 is 28.6. The molecule has 4 aromatic rings. The van der Waals surface area contributed by atoms with Gasteiger partial charge in [-0.2, -0.15) is 0 Å². The van der Waals surface area contributed by atoms with Gasteiger partial charge in [-0.05, 0) is 149 Å². The first kappa shape index (κ1) is 52.0. The Hall–Kier alpha value is -5.06. The average Bonchev–Trinajstić information content (AvgIpc) is 4.41. The number of rotatable bonds is 9. The van der Waals surface area contributed by atoms with E-state index in [0.717, 1.165) is 120 Å².